The van der Waals surface area contributed by atoms with Crippen LogP contribution in [0.5, 0.6) is 0 Å². The fourth-order valence-electron chi connectivity index (χ4n) is 3.18. The van der Waals surface area contributed by atoms with Crippen molar-refractivity contribution in [1.29, 1.82) is 0 Å². The highest BCUT2D eigenvalue weighted by Gasteiger charge is 2.18. The molecule has 1 aromatic heterocycles. The van der Waals surface area contributed by atoms with Crippen LogP contribution in [-0.2, 0) is 6.54 Å². The van der Waals surface area contributed by atoms with Gasteiger partial charge in [0.15, 0.2) is 0 Å². The fourth-order valence-corrected chi connectivity index (χ4v) is 3.18. The van der Waals surface area contributed by atoms with Gasteiger partial charge in [0.1, 0.15) is 0 Å². The van der Waals surface area contributed by atoms with Crippen molar-refractivity contribution in [3.05, 3.63) is 17.0 Å². The monoisotopic (exact) mass is 249 g/mol. The fraction of sp³-hybridized carbons (Fsp3) is 0.800. The first-order chi connectivity index (χ1) is 8.66. The number of nitrogens with one attached hydrogen (secondary N) is 2. The van der Waals surface area contributed by atoms with Crippen molar-refractivity contribution >= 4 is 0 Å². The number of aromatic nitrogens is 2. The summed E-state index contributed by atoms with van der Waals surface area (Å²) >= 11 is 0. The molecule has 2 unspecified atom stereocenters. The van der Waals surface area contributed by atoms with Gasteiger partial charge in [-0.25, -0.2) is 0 Å². The van der Waals surface area contributed by atoms with Crippen LogP contribution in [0.25, 0.3) is 0 Å². The molecule has 18 heavy (non-hydrogen) atoms. The number of hydrogen-bond donors (Lipinski definition) is 2. The molecule has 1 saturated carbocycles. The van der Waals surface area contributed by atoms with E-state index in [9.17, 15) is 0 Å². The van der Waals surface area contributed by atoms with Crippen molar-refractivity contribution in [2.45, 2.75) is 59.4 Å². The quantitative estimate of drug-likeness (QED) is 0.786. The van der Waals surface area contributed by atoms with Crippen LogP contribution in [0, 0.1) is 25.7 Å². The highest BCUT2D eigenvalue weighted by atomic mass is 15.1. The van der Waals surface area contributed by atoms with Crippen molar-refractivity contribution in [2.24, 2.45) is 11.8 Å². The standard InChI is InChI=1S/C15H27N3/c1-11-5-4-6-14(9-11)7-8-16-10-15-12(2)17-18-13(15)3/h11,14,16H,4-10H2,1-3H3,(H,17,18). The summed E-state index contributed by atoms with van der Waals surface area (Å²) in [5, 5.41) is 10.8. The lowest BCUT2D eigenvalue weighted by Gasteiger charge is -2.26. The average molecular weight is 249 g/mol. The van der Waals surface area contributed by atoms with Crippen LogP contribution in [0.1, 0.15) is 56.0 Å². The number of aromatic amines is 1. The minimum atomic E-state index is 0.946. The number of hydrogen-bond acceptors (Lipinski definition) is 2. The van der Waals surface area contributed by atoms with Crippen LogP contribution >= 0.6 is 0 Å². The number of nitrogens with zero attached hydrogens (tertiary/aromatic N) is 1. The zero-order valence-electron chi connectivity index (χ0n) is 12.1. The minimum absolute atomic E-state index is 0.946. The zero-order chi connectivity index (χ0) is 13.0. The molecule has 2 atom stereocenters. The van der Waals surface area contributed by atoms with Crippen LogP contribution < -0.4 is 5.32 Å². The predicted octanol–water partition coefficient (Wildman–Crippen LogP) is 3.33. The molecule has 0 aromatic carbocycles. The van der Waals surface area contributed by atoms with Crippen molar-refractivity contribution in [1.82, 2.24) is 15.5 Å². The van der Waals surface area contributed by atoms with E-state index in [1.807, 2.05) is 0 Å². The molecule has 2 rings (SSSR count). The molecule has 0 amide bonds. The molecule has 3 nitrogen and oxygen atoms in total. The summed E-state index contributed by atoms with van der Waals surface area (Å²) in [4.78, 5) is 0. The van der Waals surface area contributed by atoms with Gasteiger partial charge in [0, 0.05) is 17.8 Å². The summed E-state index contributed by atoms with van der Waals surface area (Å²) in [5.74, 6) is 1.90. The topological polar surface area (TPSA) is 40.7 Å². The highest BCUT2D eigenvalue weighted by molar-refractivity contribution is 5.22. The van der Waals surface area contributed by atoms with Gasteiger partial charge in [-0.2, -0.15) is 5.10 Å². The highest BCUT2D eigenvalue weighted by Crippen LogP contribution is 2.30. The molecular formula is C15H27N3. The Morgan fingerprint density at radius 2 is 2.17 bits per heavy atom. The van der Waals surface area contributed by atoms with E-state index in [0.717, 1.165) is 30.6 Å². The van der Waals surface area contributed by atoms with Gasteiger partial charge >= 0.3 is 0 Å². The molecular weight excluding hydrogens is 222 g/mol. The maximum atomic E-state index is 4.23. The maximum absolute atomic E-state index is 4.23. The normalized spacial score (nSPS) is 24.4. The molecule has 0 bridgehead atoms. The maximum Gasteiger partial charge on any atom is 0.0638 e. The molecule has 2 N–H and O–H groups in total. The summed E-state index contributed by atoms with van der Waals surface area (Å²) in [7, 11) is 0. The lowest BCUT2D eigenvalue weighted by molar-refractivity contribution is 0.267. The SMILES string of the molecule is Cc1n[nH]c(C)c1CNCCC1CCCC(C)C1. The van der Waals surface area contributed by atoms with Gasteiger partial charge in [0.05, 0.1) is 5.69 Å². The van der Waals surface area contributed by atoms with Crippen molar-refractivity contribution in [2.75, 3.05) is 6.54 Å². The first kappa shape index (κ1) is 13.6. The van der Waals surface area contributed by atoms with Crippen molar-refractivity contribution < 1.29 is 0 Å². The van der Waals surface area contributed by atoms with Crippen molar-refractivity contribution in [3.63, 3.8) is 0 Å². The Bertz CT molecular complexity index is 350. The Hall–Kier alpha value is -0.830. The molecule has 1 aliphatic carbocycles. The van der Waals surface area contributed by atoms with E-state index in [4.69, 9.17) is 0 Å². The van der Waals surface area contributed by atoms with Crippen molar-refractivity contribution in [3.8, 4) is 0 Å². The summed E-state index contributed by atoms with van der Waals surface area (Å²) in [5.41, 5.74) is 3.67. The van der Waals surface area contributed by atoms with Crippen LogP contribution in [0.15, 0.2) is 0 Å². The van der Waals surface area contributed by atoms with E-state index >= 15 is 0 Å². The van der Waals surface area contributed by atoms with Gasteiger partial charge < -0.3 is 5.32 Å². The second-order valence-electron chi connectivity index (χ2n) is 6.02. The van der Waals surface area contributed by atoms with E-state index in [-0.39, 0.29) is 0 Å². The Kier molecular flexibility index (Phi) is 4.81. The van der Waals surface area contributed by atoms with E-state index in [1.165, 1.54) is 43.4 Å². The van der Waals surface area contributed by atoms with E-state index in [1.54, 1.807) is 0 Å². The molecule has 1 aliphatic rings. The van der Waals surface area contributed by atoms with Crippen LogP contribution in [0.4, 0.5) is 0 Å². The zero-order valence-corrected chi connectivity index (χ0v) is 12.1. The second-order valence-corrected chi connectivity index (χ2v) is 6.02. The number of H-pyrrole nitrogens is 1. The smallest absolute Gasteiger partial charge is 0.0638 e. The Morgan fingerprint density at radius 3 is 2.83 bits per heavy atom. The largest absolute Gasteiger partial charge is 0.313 e. The molecule has 102 valence electrons. The first-order valence-corrected chi connectivity index (χ1v) is 7.38. The molecule has 1 fully saturated rings. The average Bonchev–Trinajstić information content (AvgIpc) is 2.66. The minimum Gasteiger partial charge on any atom is -0.313 e. The molecule has 0 aliphatic heterocycles. The third-order valence-electron chi connectivity index (χ3n) is 4.36. The molecule has 1 aromatic rings. The van der Waals surface area contributed by atoms with Gasteiger partial charge in [-0.3, -0.25) is 5.10 Å². The third kappa shape index (κ3) is 3.58. The molecule has 1 heterocycles. The lowest BCUT2D eigenvalue weighted by Crippen LogP contribution is -2.21. The number of aryl methyl sites for hydroxylation is 2. The van der Waals surface area contributed by atoms with Gasteiger partial charge in [-0.05, 0) is 45.1 Å². The van der Waals surface area contributed by atoms with Gasteiger partial charge in [0.2, 0.25) is 0 Å². The summed E-state index contributed by atoms with van der Waals surface area (Å²) in [6, 6.07) is 0. The second kappa shape index (κ2) is 6.37. The summed E-state index contributed by atoms with van der Waals surface area (Å²) in [6.45, 7) is 8.67. The first-order valence-electron chi connectivity index (χ1n) is 7.38. The molecule has 0 radical (unpaired) electrons. The number of rotatable bonds is 5. The predicted molar refractivity (Wildman–Crippen MR) is 75.5 cm³/mol. The van der Waals surface area contributed by atoms with E-state index < -0.39 is 0 Å². The van der Waals surface area contributed by atoms with Crippen LogP contribution in [-0.4, -0.2) is 16.7 Å². The van der Waals surface area contributed by atoms with Crippen LogP contribution in [0.3, 0.4) is 0 Å². The van der Waals surface area contributed by atoms with E-state index in [2.05, 4.69) is 36.3 Å². The van der Waals surface area contributed by atoms with Gasteiger partial charge in [-0.1, -0.05) is 26.2 Å². The third-order valence-corrected chi connectivity index (χ3v) is 4.36. The Balaban J connectivity index is 1.67. The summed E-state index contributed by atoms with van der Waals surface area (Å²) in [6.07, 6.45) is 7.09. The van der Waals surface area contributed by atoms with Gasteiger partial charge in [0.25, 0.3) is 0 Å². The van der Waals surface area contributed by atoms with Gasteiger partial charge in [-0.15, -0.1) is 0 Å². The van der Waals surface area contributed by atoms with Crippen LogP contribution in [0.2, 0.25) is 0 Å². The van der Waals surface area contributed by atoms with E-state index in [0.29, 0.717) is 0 Å². The molecule has 0 spiro atoms. The molecule has 0 saturated heterocycles. The molecule has 3 heteroatoms. The summed E-state index contributed by atoms with van der Waals surface area (Å²) < 4.78 is 0. The Labute approximate surface area is 111 Å². The lowest BCUT2D eigenvalue weighted by atomic mass is 9.81. The Morgan fingerprint density at radius 1 is 1.33 bits per heavy atom.